The second-order valence-electron chi connectivity index (χ2n) is 5.93. The molecule has 2 aromatic rings. The molecule has 0 saturated carbocycles. The molecule has 0 aliphatic rings. The molecule has 0 spiro atoms. The third-order valence-corrected chi connectivity index (χ3v) is 4.21. The molecule has 0 aliphatic heterocycles. The first-order valence-corrected chi connectivity index (χ1v) is 8.12. The quantitative estimate of drug-likeness (QED) is 0.821. The van der Waals surface area contributed by atoms with Gasteiger partial charge in [0.1, 0.15) is 0 Å². The van der Waals surface area contributed by atoms with E-state index < -0.39 is 5.97 Å². The van der Waals surface area contributed by atoms with Crippen LogP contribution in [0.2, 0.25) is 0 Å². The van der Waals surface area contributed by atoms with E-state index in [1.54, 1.807) is 24.3 Å². The lowest BCUT2D eigenvalue weighted by Gasteiger charge is -2.11. The number of aromatic carboxylic acids is 1. The number of carbonyl (C=O) groups is 2. The second kappa shape index (κ2) is 8.29. The van der Waals surface area contributed by atoms with Crippen molar-refractivity contribution in [2.45, 2.75) is 33.1 Å². The van der Waals surface area contributed by atoms with Crippen molar-refractivity contribution in [3.8, 4) is 0 Å². The number of benzene rings is 2. The number of hydrogen-bond donors (Lipinski definition) is 2. The fourth-order valence-electron chi connectivity index (χ4n) is 2.85. The van der Waals surface area contributed by atoms with Gasteiger partial charge in [0.15, 0.2) is 0 Å². The number of carboxylic acid groups (broad SMARTS) is 1. The predicted molar refractivity (Wildman–Crippen MR) is 94.4 cm³/mol. The molecule has 2 aromatic carbocycles. The molecular formula is C20H23NO3. The summed E-state index contributed by atoms with van der Waals surface area (Å²) in [4.78, 5) is 23.2. The number of amides is 1. The summed E-state index contributed by atoms with van der Waals surface area (Å²) < 4.78 is 0. The van der Waals surface area contributed by atoms with Gasteiger partial charge in [-0.1, -0.05) is 36.4 Å². The summed E-state index contributed by atoms with van der Waals surface area (Å²) in [6.45, 7) is 4.74. The van der Waals surface area contributed by atoms with Gasteiger partial charge in [-0.15, -0.1) is 0 Å². The summed E-state index contributed by atoms with van der Waals surface area (Å²) in [6, 6.07) is 13.0. The third kappa shape index (κ3) is 4.69. The molecule has 0 aromatic heterocycles. The molecule has 4 heteroatoms. The van der Waals surface area contributed by atoms with Gasteiger partial charge in [0.05, 0.1) is 5.56 Å². The van der Waals surface area contributed by atoms with E-state index in [1.165, 1.54) is 16.7 Å². The summed E-state index contributed by atoms with van der Waals surface area (Å²) >= 11 is 0. The minimum Gasteiger partial charge on any atom is -0.478 e. The van der Waals surface area contributed by atoms with Gasteiger partial charge < -0.3 is 10.4 Å². The molecule has 4 nitrogen and oxygen atoms in total. The van der Waals surface area contributed by atoms with E-state index in [2.05, 4.69) is 31.3 Å². The summed E-state index contributed by atoms with van der Waals surface area (Å²) in [5, 5.41) is 12.1. The zero-order chi connectivity index (χ0) is 17.5. The zero-order valence-electron chi connectivity index (χ0n) is 14.1. The minimum absolute atomic E-state index is 0.0542. The van der Waals surface area contributed by atoms with Crippen LogP contribution in [0.15, 0.2) is 42.5 Å². The molecule has 0 bridgehead atoms. The molecule has 24 heavy (non-hydrogen) atoms. The average molecular weight is 325 g/mol. The van der Waals surface area contributed by atoms with Gasteiger partial charge >= 0.3 is 5.97 Å². The largest absolute Gasteiger partial charge is 0.478 e. The summed E-state index contributed by atoms with van der Waals surface area (Å²) in [6.07, 6.45) is 1.52. The highest BCUT2D eigenvalue weighted by Crippen LogP contribution is 2.14. The van der Waals surface area contributed by atoms with E-state index in [4.69, 9.17) is 5.11 Å². The molecule has 0 fully saturated rings. The highest BCUT2D eigenvalue weighted by Gasteiger charge is 2.10. The van der Waals surface area contributed by atoms with Crippen LogP contribution in [-0.2, 0) is 17.6 Å². The highest BCUT2D eigenvalue weighted by atomic mass is 16.4. The topological polar surface area (TPSA) is 66.4 Å². The van der Waals surface area contributed by atoms with Crippen molar-refractivity contribution in [2.75, 3.05) is 6.54 Å². The van der Waals surface area contributed by atoms with E-state index >= 15 is 0 Å². The number of rotatable bonds is 7. The van der Waals surface area contributed by atoms with E-state index in [0.29, 0.717) is 18.5 Å². The SMILES string of the molecule is Cc1cccc(C)c1CCNC(=O)CCc1ccccc1C(=O)O. The molecule has 126 valence electrons. The molecule has 2 N–H and O–H groups in total. The van der Waals surface area contributed by atoms with Crippen molar-refractivity contribution < 1.29 is 14.7 Å². The van der Waals surface area contributed by atoms with Gasteiger partial charge in [-0.3, -0.25) is 4.79 Å². The third-order valence-electron chi connectivity index (χ3n) is 4.21. The summed E-state index contributed by atoms with van der Waals surface area (Å²) in [5.74, 6) is -1.01. The molecule has 0 unspecified atom stereocenters. The Kier molecular flexibility index (Phi) is 6.13. The summed E-state index contributed by atoms with van der Waals surface area (Å²) in [7, 11) is 0. The first-order valence-electron chi connectivity index (χ1n) is 8.12. The van der Waals surface area contributed by atoms with Crippen molar-refractivity contribution in [1.82, 2.24) is 5.32 Å². The Labute approximate surface area is 142 Å². The van der Waals surface area contributed by atoms with E-state index in [-0.39, 0.29) is 17.9 Å². The van der Waals surface area contributed by atoms with Crippen molar-refractivity contribution in [3.05, 3.63) is 70.3 Å². The Morgan fingerprint density at radius 3 is 2.29 bits per heavy atom. The highest BCUT2D eigenvalue weighted by molar-refractivity contribution is 5.89. The number of hydrogen-bond acceptors (Lipinski definition) is 2. The Morgan fingerprint density at radius 1 is 0.958 bits per heavy atom. The lowest BCUT2D eigenvalue weighted by Crippen LogP contribution is -2.26. The Hall–Kier alpha value is -2.62. The second-order valence-corrected chi connectivity index (χ2v) is 5.93. The van der Waals surface area contributed by atoms with Gasteiger partial charge in [0, 0.05) is 13.0 Å². The maximum absolute atomic E-state index is 12.0. The molecule has 0 heterocycles. The normalized spacial score (nSPS) is 10.4. The first kappa shape index (κ1) is 17.7. The minimum atomic E-state index is -0.957. The number of carbonyl (C=O) groups excluding carboxylic acids is 1. The van der Waals surface area contributed by atoms with Gasteiger partial charge in [0.25, 0.3) is 0 Å². The van der Waals surface area contributed by atoms with Crippen LogP contribution in [0.1, 0.15) is 39.0 Å². The monoisotopic (exact) mass is 325 g/mol. The maximum atomic E-state index is 12.0. The van der Waals surface area contributed by atoms with Crippen molar-refractivity contribution in [3.63, 3.8) is 0 Å². The fraction of sp³-hybridized carbons (Fsp3) is 0.300. The lowest BCUT2D eigenvalue weighted by atomic mass is 10.00. The first-order chi connectivity index (χ1) is 11.5. The van der Waals surface area contributed by atoms with Gasteiger partial charge in [-0.2, -0.15) is 0 Å². The molecule has 1 amide bonds. The van der Waals surface area contributed by atoms with E-state index in [9.17, 15) is 9.59 Å². The zero-order valence-corrected chi connectivity index (χ0v) is 14.1. The van der Waals surface area contributed by atoms with Crippen LogP contribution in [0.4, 0.5) is 0 Å². The standard InChI is InChI=1S/C20H23NO3/c1-14-6-5-7-15(2)17(14)12-13-21-19(22)11-10-16-8-3-4-9-18(16)20(23)24/h3-9H,10-13H2,1-2H3,(H,21,22)(H,23,24). The van der Waals surface area contributed by atoms with Crippen molar-refractivity contribution in [1.29, 1.82) is 0 Å². The van der Waals surface area contributed by atoms with Crippen molar-refractivity contribution in [2.24, 2.45) is 0 Å². The molecule has 0 aliphatic carbocycles. The van der Waals surface area contributed by atoms with Crippen LogP contribution in [0.5, 0.6) is 0 Å². The van der Waals surface area contributed by atoms with Gasteiger partial charge in [-0.05, 0) is 55.0 Å². The molecular weight excluding hydrogens is 302 g/mol. The van der Waals surface area contributed by atoms with Crippen LogP contribution >= 0.6 is 0 Å². The Morgan fingerprint density at radius 2 is 1.62 bits per heavy atom. The summed E-state index contributed by atoms with van der Waals surface area (Å²) in [5.41, 5.74) is 4.70. The molecule has 2 rings (SSSR count). The maximum Gasteiger partial charge on any atom is 0.335 e. The van der Waals surface area contributed by atoms with Crippen LogP contribution in [0.3, 0.4) is 0 Å². The van der Waals surface area contributed by atoms with Crippen LogP contribution < -0.4 is 5.32 Å². The molecule has 0 radical (unpaired) electrons. The van der Waals surface area contributed by atoms with Crippen LogP contribution in [-0.4, -0.2) is 23.5 Å². The fourth-order valence-corrected chi connectivity index (χ4v) is 2.85. The van der Waals surface area contributed by atoms with Crippen LogP contribution in [0.25, 0.3) is 0 Å². The number of aryl methyl sites for hydroxylation is 3. The average Bonchev–Trinajstić information content (AvgIpc) is 2.56. The molecule has 0 atom stereocenters. The van der Waals surface area contributed by atoms with E-state index in [1.807, 2.05) is 6.07 Å². The lowest BCUT2D eigenvalue weighted by molar-refractivity contribution is -0.121. The number of nitrogens with one attached hydrogen (secondary N) is 1. The Balaban J connectivity index is 1.83. The predicted octanol–water partition coefficient (Wildman–Crippen LogP) is 3.29. The molecule has 0 saturated heterocycles. The van der Waals surface area contributed by atoms with Gasteiger partial charge in [0.2, 0.25) is 5.91 Å². The smallest absolute Gasteiger partial charge is 0.335 e. The Bertz CT molecular complexity index is 717. The van der Waals surface area contributed by atoms with Crippen LogP contribution in [0, 0.1) is 13.8 Å². The van der Waals surface area contributed by atoms with E-state index in [0.717, 1.165) is 6.42 Å². The number of carboxylic acids is 1. The van der Waals surface area contributed by atoms with Gasteiger partial charge in [-0.25, -0.2) is 4.79 Å². The van der Waals surface area contributed by atoms with Crippen molar-refractivity contribution >= 4 is 11.9 Å².